The van der Waals surface area contributed by atoms with E-state index in [1.165, 1.54) is 12.1 Å². The van der Waals surface area contributed by atoms with Crippen LogP contribution in [0.25, 0.3) is 10.9 Å². The molecule has 2 N–H and O–H groups in total. The fourth-order valence-corrected chi connectivity index (χ4v) is 2.61. The maximum Gasteiger partial charge on any atom is 0.123 e. The highest BCUT2D eigenvalue weighted by Gasteiger charge is 2.12. The number of nitrogens with zero attached hydrogens (tertiary/aromatic N) is 1. The zero-order chi connectivity index (χ0) is 15.0. The van der Waals surface area contributed by atoms with E-state index in [4.69, 9.17) is 5.73 Å². The Morgan fingerprint density at radius 3 is 2.57 bits per heavy atom. The summed E-state index contributed by atoms with van der Waals surface area (Å²) in [6, 6.07) is 14.5. The molecule has 0 spiro atoms. The molecule has 3 heteroatoms. The van der Waals surface area contributed by atoms with Crippen molar-refractivity contribution in [3.63, 3.8) is 0 Å². The molecule has 1 aromatic heterocycles. The molecular weight excluding hydrogens is 263 g/mol. The number of hydrogen-bond acceptors (Lipinski definition) is 2. The Balaban J connectivity index is 2.04. The van der Waals surface area contributed by atoms with Crippen LogP contribution in [0.5, 0.6) is 0 Å². The molecule has 3 rings (SSSR count). The highest BCUT2D eigenvalue weighted by atomic mass is 19.1. The van der Waals surface area contributed by atoms with E-state index < -0.39 is 0 Å². The van der Waals surface area contributed by atoms with Crippen LogP contribution in [0, 0.1) is 19.7 Å². The zero-order valence-electron chi connectivity index (χ0n) is 12.1. The minimum Gasteiger partial charge on any atom is -0.320 e. The normalized spacial score (nSPS) is 12.6. The van der Waals surface area contributed by atoms with Crippen molar-refractivity contribution in [2.75, 3.05) is 0 Å². The van der Waals surface area contributed by atoms with Crippen LogP contribution in [-0.2, 0) is 0 Å². The Kier molecular flexibility index (Phi) is 3.43. The third-order valence-electron chi connectivity index (χ3n) is 3.78. The van der Waals surface area contributed by atoms with Gasteiger partial charge in [0.25, 0.3) is 0 Å². The summed E-state index contributed by atoms with van der Waals surface area (Å²) in [5.74, 6) is -0.235. The van der Waals surface area contributed by atoms with Crippen LogP contribution in [0.15, 0.2) is 48.5 Å². The maximum atomic E-state index is 13.2. The molecule has 3 aromatic rings. The van der Waals surface area contributed by atoms with Crippen molar-refractivity contribution in [2.24, 2.45) is 5.73 Å². The lowest BCUT2D eigenvalue weighted by atomic mass is 9.95. The van der Waals surface area contributed by atoms with Crippen molar-refractivity contribution in [1.82, 2.24) is 4.98 Å². The molecule has 106 valence electrons. The molecule has 0 aliphatic rings. The molecule has 1 unspecified atom stereocenters. The van der Waals surface area contributed by atoms with Gasteiger partial charge in [0.15, 0.2) is 0 Å². The Bertz CT molecular complexity index is 811. The molecule has 1 heterocycles. The number of benzene rings is 2. The van der Waals surface area contributed by atoms with Gasteiger partial charge in [-0.3, -0.25) is 4.98 Å². The first-order valence-electron chi connectivity index (χ1n) is 6.93. The lowest BCUT2D eigenvalue weighted by Gasteiger charge is -2.16. The van der Waals surface area contributed by atoms with Crippen LogP contribution < -0.4 is 5.73 Å². The molecule has 0 saturated heterocycles. The molecule has 0 amide bonds. The second-order valence-electron chi connectivity index (χ2n) is 5.38. The molecule has 0 radical (unpaired) electrons. The highest BCUT2D eigenvalue weighted by Crippen LogP contribution is 2.25. The predicted molar refractivity (Wildman–Crippen MR) is 83.6 cm³/mol. The largest absolute Gasteiger partial charge is 0.320 e. The molecule has 0 bridgehead atoms. The van der Waals surface area contributed by atoms with Crippen molar-refractivity contribution in [3.8, 4) is 0 Å². The van der Waals surface area contributed by atoms with Crippen molar-refractivity contribution in [2.45, 2.75) is 19.9 Å². The molecule has 0 saturated carbocycles. The summed E-state index contributed by atoms with van der Waals surface area (Å²) >= 11 is 0. The minimum atomic E-state index is -0.267. The molecule has 2 nitrogen and oxygen atoms in total. The Hall–Kier alpha value is -2.26. The monoisotopic (exact) mass is 280 g/mol. The summed E-state index contributed by atoms with van der Waals surface area (Å²) in [5.41, 5.74) is 11.1. The minimum absolute atomic E-state index is 0.235. The van der Waals surface area contributed by atoms with Gasteiger partial charge in [0, 0.05) is 11.1 Å². The van der Waals surface area contributed by atoms with Crippen molar-refractivity contribution >= 4 is 10.9 Å². The molecule has 0 aliphatic carbocycles. The summed E-state index contributed by atoms with van der Waals surface area (Å²) in [6.45, 7) is 3.85. The smallest absolute Gasteiger partial charge is 0.123 e. The number of aryl methyl sites for hydroxylation is 2. The van der Waals surface area contributed by atoms with Crippen LogP contribution >= 0.6 is 0 Å². The second kappa shape index (κ2) is 5.26. The Morgan fingerprint density at radius 2 is 1.81 bits per heavy atom. The fourth-order valence-electron chi connectivity index (χ4n) is 2.61. The SMILES string of the molecule is Cc1ccc2cc(C(N)c3ccc(F)cc3C)ccc2n1. The number of nitrogens with two attached hydrogens (primary N) is 1. The van der Waals surface area contributed by atoms with Gasteiger partial charge in [-0.2, -0.15) is 0 Å². The van der Waals surface area contributed by atoms with Gasteiger partial charge in [0.2, 0.25) is 0 Å². The van der Waals surface area contributed by atoms with E-state index in [0.717, 1.165) is 33.3 Å². The number of halogens is 1. The maximum absolute atomic E-state index is 13.2. The lowest BCUT2D eigenvalue weighted by molar-refractivity contribution is 0.624. The van der Waals surface area contributed by atoms with E-state index in [2.05, 4.69) is 11.1 Å². The number of rotatable bonds is 2. The van der Waals surface area contributed by atoms with Gasteiger partial charge in [-0.25, -0.2) is 4.39 Å². The van der Waals surface area contributed by atoms with Crippen LogP contribution in [0.1, 0.15) is 28.4 Å². The number of fused-ring (bicyclic) bond motifs is 1. The summed E-state index contributed by atoms with van der Waals surface area (Å²) in [6.07, 6.45) is 0. The molecule has 21 heavy (non-hydrogen) atoms. The topological polar surface area (TPSA) is 38.9 Å². The summed E-state index contributed by atoms with van der Waals surface area (Å²) < 4.78 is 13.2. The quantitative estimate of drug-likeness (QED) is 0.769. The van der Waals surface area contributed by atoms with Gasteiger partial charge in [0.1, 0.15) is 5.82 Å². The Morgan fingerprint density at radius 1 is 1.00 bits per heavy atom. The zero-order valence-corrected chi connectivity index (χ0v) is 12.1. The average Bonchev–Trinajstić information content (AvgIpc) is 2.46. The summed E-state index contributed by atoms with van der Waals surface area (Å²) in [4.78, 5) is 4.49. The van der Waals surface area contributed by atoms with Gasteiger partial charge in [-0.1, -0.05) is 18.2 Å². The molecule has 2 aromatic carbocycles. The van der Waals surface area contributed by atoms with Gasteiger partial charge in [0.05, 0.1) is 11.6 Å². The predicted octanol–water partition coefficient (Wildman–Crippen LogP) is 4.04. The first-order valence-corrected chi connectivity index (χ1v) is 6.93. The summed E-state index contributed by atoms with van der Waals surface area (Å²) in [7, 11) is 0. The lowest BCUT2D eigenvalue weighted by Crippen LogP contribution is -2.13. The van der Waals surface area contributed by atoms with Crippen LogP contribution in [-0.4, -0.2) is 4.98 Å². The van der Waals surface area contributed by atoms with Gasteiger partial charge in [-0.05, 0) is 60.9 Å². The van der Waals surface area contributed by atoms with E-state index in [1.54, 1.807) is 6.07 Å². The molecule has 1 atom stereocenters. The molecule has 0 aliphatic heterocycles. The van der Waals surface area contributed by atoms with Crippen molar-refractivity contribution in [3.05, 3.63) is 76.7 Å². The standard InChI is InChI=1S/C18H17FN2/c1-11-9-15(19)6-7-16(11)18(20)14-5-8-17-13(10-14)4-3-12(2)21-17/h3-10,18H,20H2,1-2H3. The van der Waals surface area contributed by atoms with Gasteiger partial charge < -0.3 is 5.73 Å². The third-order valence-corrected chi connectivity index (χ3v) is 3.78. The van der Waals surface area contributed by atoms with E-state index in [-0.39, 0.29) is 11.9 Å². The van der Waals surface area contributed by atoms with E-state index in [1.807, 2.05) is 38.1 Å². The van der Waals surface area contributed by atoms with Gasteiger partial charge >= 0.3 is 0 Å². The fraction of sp³-hybridized carbons (Fsp3) is 0.167. The molecular formula is C18H17FN2. The average molecular weight is 280 g/mol. The first-order chi connectivity index (χ1) is 10.0. The van der Waals surface area contributed by atoms with Crippen molar-refractivity contribution < 1.29 is 4.39 Å². The third kappa shape index (κ3) is 2.65. The van der Waals surface area contributed by atoms with Crippen LogP contribution in [0.3, 0.4) is 0 Å². The van der Waals surface area contributed by atoms with Crippen molar-refractivity contribution in [1.29, 1.82) is 0 Å². The number of hydrogen-bond donors (Lipinski definition) is 1. The van der Waals surface area contributed by atoms with E-state index in [9.17, 15) is 4.39 Å². The molecule has 0 fully saturated rings. The first kappa shape index (κ1) is 13.7. The van der Waals surface area contributed by atoms with E-state index >= 15 is 0 Å². The number of aromatic nitrogens is 1. The van der Waals surface area contributed by atoms with Gasteiger partial charge in [-0.15, -0.1) is 0 Å². The highest BCUT2D eigenvalue weighted by molar-refractivity contribution is 5.79. The van der Waals surface area contributed by atoms with Crippen LogP contribution in [0.4, 0.5) is 4.39 Å². The second-order valence-corrected chi connectivity index (χ2v) is 5.38. The number of pyridine rings is 1. The van der Waals surface area contributed by atoms with E-state index in [0.29, 0.717) is 0 Å². The Labute approximate surface area is 123 Å². The summed E-state index contributed by atoms with van der Waals surface area (Å²) in [5, 5.41) is 1.06. The van der Waals surface area contributed by atoms with Crippen LogP contribution in [0.2, 0.25) is 0 Å².